The molecule has 6 nitrogen and oxygen atoms in total. The van der Waals surface area contributed by atoms with Gasteiger partial charge in [-0.3, -0.25) is 10.1 Å². The molecule has 2 aromatic carbocycles. The Morgan fingerprint density at radius 3 is 2.86 bits per heavy atom. The molecule has 144 valence electrons. The van der Waals surface area contributed by atoms with Gasteiger partial charge in [0.05, 0.1) is 5.69 Å². The summed E-state index contributed by atoms with van der Waals surface area (Å²) in [7, 11) is 0. The number of thiazole rings is 1. The number of para-hydroxylation sites is 1. The van der Waals surface area contributed by atoms with Gasteiger partial charge in [0.15, 0.2) is 23.2 Å². The van der Waals surface area contributed by atoms with Crippen LogP contribution in [0.3, 0.4) is 0 Å². The minimum Gasteiger partial charge on any atom is -0.483 e. The Morgan fingerprint density at radius 2 is 2.00 bits per heavy atom. The Labute approximate surface area is 167 Å². The lowest BCUT2D eigenvalue weighted by atomic mass is 10.1. The summed E-state index contributed by atoms with van der Waals surface area (Å²) in [6, 6.07) is 13.5. The van der Waals surface area contributed by atoms with Gasteiger partial charge < -0.3 is 14.2 Å². The fraction of sp³-hybridized carbons (Fsp3) is 0.238. The maximum Gasteiger partial charge on any atom is 0.264 e. The van der Waals surface area contributed by atoms with E-state index in [2.05, 4.69) is 10.3 Å². The second kappa shape index (κ2) is 7.90. The van der Waals surface area contributed by atoms with E-state index in [9.17, 15) is 4.79 Å². The SMILES string of the molecule is Cc1ccccc1OCC(=O)Nc1nc(C)c(Cc2ccc3c(c2)OCO3)s1. The number of fused-ring (bicyclic) bond motifs is 1. The van der Waals surface area contributed by atoms with Gasteiger partial charge in [0.25, 0.3) is 5.91 Å². The van der Waals surface area contributed by atoms with Gasteiger partial charge in [0, 0.05) is 11.3 Å². The number of aromatic nitrogens is 1. The molecular formula is C21H20N2O4S. The molecule has 0 fully saturated rings. The molecule has 0 saturated carbocycles. The van der Waals surface area contributed by atoms with E-state index in [0.717, 1.165) is 39.6 Å². The normalized spacial score (nSPS) is 12.1. The zero-order valence-corrected chi connectivity index (χ0v) is 16.5. The number of rotatable bonds is 6. The lowest BCUT2D eigenvalue weighted by molar-refractivity contribution is -0.118. The topological polar surface area (TPSA) is 69.7 Å². The lowest BCUT2D eigenvalue weighted by Gasteiger charge is -2.08. The molecule has 2 heterocycles. The van der Waals surface area contributed by atoms with Gasteiger partial charge in [-0.1, -0.05) is 24.3 Å². The van der Waals surface area contributed by atoms with Gasteiger partial charge in [-0.05, 0) is 43.2 Å². The Balaban J connectivity index is 1.37. The number of benzene rings is 2. The van der Waals surface area contributed by atoms with E-state index in [1.54, 1.807) is 0 Å². The van der Waals surface area contributed by atoms with E-state index in [0.29, 0.717) is 10.9 Å². The number of amides is 1. The third kappa shape index (κ3) is 4.09. The Morgan fingerprint density at radius 1 is 1.18 bits per heavy atom. The number of ether oxygens (including phenoxy) is 3. The van der Waals surface area contributed by atoms with E-state index in [4.69, 9.17) is 14.2 Å². The number of anilines is 1. The standard InChI is InChI=1S/C21H20N2O4S/c1-13-5-3-4-6-16(13)25-11-20(24)23-21-22-14(2)19(28-21)10-15-7-8-17-18(9-15)27-12-26-17/h3-9H,10-12H2,1-2H3,(H,22,23,24). The van der Waals surface area contributed by atoms with Crippen molar-refractivity contribution < 1.29 is 19.0 Å². The first-order valence-corrected chi connectivity index (χ1v) is 9.73. The monoisotopic (exact) mass is 396 g/mol. The summed E-state index contributed by atoms with van der Waals surface area (Å²) in [5.74, 6) is 2.01. The molecule has 0 atom stereocenters. The first-order chi connectivity index (χ1) is 13.6. The number of nitrogens with zero attached hydrogens (tertiary/aromatic N) is 1. The van der Waals surface area contributed by atoms with Crippen LogP contribution in [0.1, 0.15) is 21.7 Å². The molecule has 1 aliphatic heterocycles. The highest BCUT2D eigenvalue weighted by molar-refractivity contribution is 7.15. The average Bonchev–Trinajstić information content (AvgIpc) is 3.27. The third-order valence-electron chi connectivity index (χ3n) is 4.39. The highest BCUT2D eigenvalue weighted by Crippen LogP contribution is 2.34. The molecule has 0 saturated heterocycles. The maximum atomic E-state index is 12.2. The van der Waals surface area contributed by atoms with Crippen LogP contribution in [-0.2, 0) is 11.2 Å². The van der Waals surface area contributed by atoms with E-state index in [-0.39, 0.29) is 19.3 Å². The fourth-order valence-electron chi connectivity index (χ4n) is 2.90. The molecule has 0 aliphatic carbocycles. The van der Waals surface area contributed by atoms with E-state index >= 15 is 0 Å². The van der Waals surface area contributed by atoms with Crippen LogP contribution in [0.5, 0.6) is 17.2 Å². The van der Waals surface area contributed by atoms with Crippen molar-refractivity contribution in [2.45, 2.75) is 20.3 Å². The Hall–Kier alpha value is -3.06. The summed E-state index contributed by atoms with van der Waals surface area (Å²) >= 11 is 1.47. The summed E-state index contributed by atoms with van der Waals surface area (Å²) in [6.07, 6.45) is 0.718. The van der Waals surface area contributed by atoms with E-state index in [1.807, 2.05) is 56.3 Å². The molecule has 1 N–H and O–H groups in total. The summed E-state index contributed by atoms with van der Waals surface area (Å²) in [5.41, 5.74) is 3.00. The summed E-state index contributed by atoms with van der Waals surface area (Å²) in [4.78, 5) is 17.8. The van der Waals surface area contributed by atoms with Crippen LogP contribution in [0, 0.1) is 13.8 Å². The predicted octanol–water partition coefficient (Wildman–Crippen LogP) is 4.10. The number of hydrogen-bond acceptors (Lipinski definition) is 6. The van der Waals surface area contributed by atoms with Gasteiger partial charge >= 0.3 is 0 Å². The number of nitrogens with one attached hydrogen (secondary N) is 1. The van der Waals surface area contributed by atoms with Gasteiger partial charge in [0.1, 0.15) is 5.75 Å². The second-order valence-corrected chi connectivity index (χ2v) is 7.58. The van der Waals surface area contributed by atoms with Crippen molar-refractivity contribution >= 4 is 22.4 Å². The molecule has 0 unspecified atom stereocenters. The van der Waals surface area contributed by atoms with Crippen LogP contribution in [0.4, 0.5) is 5.13 Å². The number of aryl methyl sites for hydroxylation is 2. The summed E-state index contributed by atoms with van der Waals surface area (Å²) in [6.45, 7) is 4.10. The first-order valence-electron chi connectivity index (χ1n) is 8.91. The van der Waals surface area contributed by atoms with Crippen LogP contribution in [0.2, 0.25) is 0 Å². The van der Waals surface area contributed by atoms with Crippen molar-refractivity contribution in [2.75, 3.05) is 18.7 Å². The minimum atomic E-state index is -0.230. The molecule has 1 amide bonds. The molecule has 4 rings (SSSR count). The second-order valence-electron chi connectivity index (χ2n) is 6.49. The molecule has 0 spiro atoms. The van der Waals surface area contributed by atoms with Crippen molar-refractivity contribution in [2.24, 2.45) is 0 Å². The molecule has 3 aromatic rings. The highest BCUT2D eigenvalue weighted by atomic mass is 32.1. The van der Waals surface area contributed by atoms with Gasteiger partial charge in [-0.25, -0.2) is 4.98 Å². The van der Waals surface area contributed by atoms with Crippen LogP contribution in [0.25, 0.3) is 0 Å². The fourth-order valence-corrected chi connectivity index (χ4v) is 3.91. The average molecular weight is 396 g/mol. The van der Waals surface area contributed by atoms with E-state index in [1.165, 1.54) is 11.3 Å². The number of carbonyl (C=O) groups is 1. The zero-order valence-electron chi connectivity index (χ0n) is 15.7. The quantitative estimate of drug-likeness (QED) is 0.679. The van der Waals surface area contributed by atoms with Crippen LogP contribution >= 0.6 is 11.3 Å². The summed E-state index contributed by atoms with van der Waals surface area (Å²) < 4.78 is 16.4. The molecule has 7 heteroatoms. The van der Waals surface area contributed by atoms with Crippen LogP contribution in [-0.4, -0.2) is 24.3 Å². The van der Waals surface area contributed by atoms with E-state index < -0.39 is 0 Å². The maximum absolute atomic E-state index is 12.2. The highest BCUT2D eigenvalue weighted by Gasteiger charge is 2.16. The largest absolute Gasteiger partial charge is 0.483 e. The number of hydrogen-bond donors (Lipinski definition) is 1. The first kappa shape index (κ1) is 18.3. The summed E-state index contributed by atoms with van der Waals surface area (Å²) in [5, 5.41) is 3.39. The predicted molar refractivity (Wildman–Crippen MR) is 108 cm³/mol. The van der Waals surface area contributed by atoms with Crippen molar-refractivity contribution in [3.63, 3.8) is 0 Å². The third-order valence-corrected chi connectivity index (χ3v) is 5.47. The van der Waals surface area contributed by atoms with Gasteiger partial charge in [-0.2, -0.15) is 0 Å². The van der Waals surface area contributed by atoms with Crippen LogP contribution < -0.4 is 19.5 Å². The zero-order chi connectivity index (χ0) is 19.5. The van der Waals surface area contributed by atoms with Crippen molar-refractivity contribution in [3.8, 4) is 17.2 Å². The molecule has 0 bridgehead atoms. The minimum absolute atomic E-state index is 0.0546. The number of carbonyl (C=O) groups excluding carboxylic acids is 1. The van der Waals surface area contributed by atoms with Gasteiger partial charge in [0.2, 0.25) is 6.79 Å². The molecule has 28 heavy (non-hydrogen) atoms. The van der Waals surface area contributed by atoms with Crippen molar-refractivity contribution in [3.05, 3.63) is 64.2 Å². The van der Waals surface area contributed by atoms with Gasteiger partial charge in [-0.15, -0.1) is 11.3 Å². The molecule has 1 aromatic heterocycles. The molecule has 1 aliphatic rings. The molecule has 0 radical (unpaired) electrons. The van der Waals surface area contributed by atoms with Crippen molar-refractivity contribution in [1.82, 2.24) is 4.98 Å². The van der Waals surface area contributed by atoms with Crippen LogP contribution in [0.15, 0.2) is 42.5 Å². The molecular weight excluding hydrogens is 376 g/mol. The lowest BCUT2D eigenvalue weighted by Crippen LogP contribution is -2.20. The Kier molecular flexibility index (Phi) is 5.16. The smallest absolute Gasteiger partial charge is 0.264 e. The Bertz CT molecular complexity index is 1020. The van der Waals surface area contributed by atoms with Crippen molar-refractivity contribution in [1.29, 1.82) is 0 Å².